The fourth-order valence-electron chi connectivity index (χ4n) is 1.55. The first-order valence-corrected chi connectivity index (χ1v) is 5.46. The van der Waals surface area contributed by atoms with Crippen LogP contribution in [0.2, 0.25) is 0 Å². The summed E-state index contributed by atoms with van der Waals surface area (Å²) < 4.78 is 1.82. The van der Waals surface area contributed by atoms with Gasteiger partial charge in [-0.25, -0.2) is 9.97 Å². The molecule has 0 amide bonds. The van der Waals surface area contributed by atoms with E-state index in [2.05, 4.69) is 15.0 Å². The number of nitrogens with one attached hydrogen (secondary N) is 1. The molecule has 0 aliphatic carbocycles. The van der Waals surface area contributed by atoms with Crippen LogP contribution in [0, 0.1) is 0 Å². The summed E-state index contributed by atoms with van der Waals surface area (Å²) in [5.41, 5.74) is 1.29. The van der Waals surface area contributed by atoms with E-state index in [-0.39, 0.29) is 11.0 Å². The quantitative estimate of drug-likeness (QED) is 0.809. The van der Waals surface area contributed by atoms with Crippen LogP contribution in [0.1, 0.15) is 26.5 Å². The number of H-pyrrole nitrogens is 1. The molecule has 0 aliphatic rings. The normalized spacial score (nSPS) is 11.8. The average molecular weight is 232 g/mol. The van der Waals surface area contributed by atoms with Crippen molar-refractivity contribution >= 4 is 0 Å². The number of aryl methyl sites for hydroxylation is 1. The Morgan fingerprint density at radius 1 is 1.35 bits per heavy atom. The Morgan fingerprint density at radius 3 is 2.59 bits per heavy atom. The van der Waals surface area contributed by atoms with Crippen LogP contribution >= 0.6 is 0 Å². The smallest absolute Gasteiger partial charge is 0.251 e. The highest BCUT2D eigenvalue weighted by molar-refractivity contribution is 5.48. The fourth-order valence-corrected chi connectivity index (χ4v) is 1.55. The van der Waals surface area contributed by atoms with E-state index in [1.165, 1.54) is 0 Å². The molecule has 5 nitrogen and oxygen atoms in total. The molecule has 0 atom stereocenters. The molecule has 2 aromatic rings. The predicted molar refractivity (Wildman–Crippen MR) is 65.8 cm³/mol. The van der Waals surface area contributed by atoms with E-state index >= 15 is 0 Å². The number of aromatic amines is 1. The molecule has 0 aromatic carbocycles. The van der Waals surface area contributed by atoms with Gasteiger partial charge in [-0.3, -0.25) is 4.79 Å². The number of hydrogen-bond donors (Lipinski definition) is 1. The number of aromatic nitrogens is 4. The van der Waals surface area contributed by atoms with Crippen LogP contribution in [0.3, 0.4) is 0 Å². The summed E-state index contributed by atoms with van der Waals surface area (Å²) >= 11 is 0. The molecule has 0 bridgehead atoms. The summed E-state index contributed by atoms with van der Waals surface area (Å²) in [4.78, 5) is 22.9. The van der Waals surface area contributed by atoms with Crippen LogP contribution < -0.4 is 5.56 Å². The van der Waals surface area contributed by atoms with Gasteiger partial charge < -0.3 is 9.55 Å². The minimum atomic E-state index is -0.151. The third kappa shape index (κ3) is 2.27. The second-order valence-electron chi connectivity index (χ2n) is 5.12. The van der Waals surface area contributed by atoms with Crippen molar-refractivity contribution in [2.75, 3.05) is 0 Å². The molecule has 0 aliphatic heterocycles. The highest BCUT2D eigenvalue weighted by Crippen LogP contribution is 2.20. The van der Waals surface area contributed by atoms with E-state index in [1.807, 2.05) is 32.4 Å². The second-order valence-corrected chi connectivity index (χ2v) is 5.12. The van der Waals surface area contributed by atoms with Gasteiger partial charge in [0, 0.05) is 18.5 Å². The van der Waals surface area contributed by atoms with Gasteiger partial charge in [-0.15, -0.1) is 0 Å². The lowest BCUT2D eigenvalue weighted by Crippen LogP contribution is -2.20. The van der Waals surface area contributed by atoms with Crippen LogP contribution in [0.25, 0.3) is 11.5 Å². The molecule has 17 heavy (non-hydrogen) atoms. The van der Waals surface area contributed by atoms with Crippen LogP contribution in [-0.2, 0) is 12.5 Å². The topological polar surface area (TPSA) is 63.6 Å². The van der Waals surface area contributed by atoms with E-state index in [1.54, 1.807) is 18.6 Å². The van der Waals surface area contributed by atoms with Crippen molar-refractivity contribution in [3.05, 3.63) is 34.6 Å². The van der Waals surface area contributed by atoms with Crippen molar-refractivity contribution in [3.8, 4) is 11.5 Å². The van der Waals surface area contributed by atoms with Crippen molar-refractivity contribution in [2.45, 2.75) is 26.2 Å². The molecule has 2 heterocycles. The van der Waals surface area contributed by atoms with Gasteiger partial charge in [0.1, 0.15) is 5.69 Å². The third-order valence-corrected chi connectivity index (χ3v) is 2.57. The molecule has 0 fully saturated rings. The summed E-state index contributed by atoms with van der Waals surface area (Å²) in [6.07, 6.45) is 3.36. The summed E-state index contributed by atoms with van der Waals surface area (Å²) in [6.45, 7) is 6.09. The Hall–Kier alpha value is -1.91. The maximum atomic E-state index is 11.6. The molecule has 0 unspecified atom stereocenters. The van der Waals surface area contributed by atoms with Crippen LogP contribution in [0.15, 0.2) is 23.4 Å². The predicted octanol–water partition coefficient (Wildman–Crippen LogP) is 1.47. The lowest BCUT2D eigenvalue weighted by Gasteiger charge is -2.17. The van der Waals surface area contributed by atoms with Crippen LogP contribution in [-0.4, -0.2) is 19.5 Å². The molecular formula is C12H16N4O. The van der Waals surface area contributed by atoms with Crippen LogP contribution in [0.4, 0.5) is 0 Å². The van der Waals surface area contributed by atoms with Gasteiger partial charge >= 0.3 is 0 Å². The van der Waals surface area contributed by atoms with Crippen LogP contribution in [0.5, 0.6) is 0 Å². The first-order valence-electron chi connectivity index (χ1n) is 5.46. The highest BCUT2D eigenvalue weighted by atomic mass is 16.1. The molecular weight excluding hydrogens is 216 g/mol. The average Bonchev–Trinajstić information content (AvgIpc) is 2.62. The van der Waals surface area contributed by atoms with E-state index < -0.39 is 0 Å². The van der Waals surface area contributed by atoms with Gasteiger partial charge in [0.05, 0.1) is 18.2 Å². The summed E-state index contributed by atoms with van der Waals surface area (Å²) in [5.74, 6) is 0.558. The third-order valence-electron chi connectivity index (χ3n) is 2.57. The Balaban J connectivity index is 2.61. The molecule has 2 rings (SSSR count). The molecule has 90 valence electrons. The van der Waals surface area contributed by atoms with Crippen molar-refractivity contribution in [2.24, 2.45) is 7.05 Å². The van der Waals surface area contributed by atoms with Crippen molar-refractivity contribution in [1.29, 1.82) is 0 Å². The first-order chi connectivity index (χ1) is 7.88. The van der Waals surface area contributed by atoms with E-state index in [9.17, 15) is 4.79 Å². The zero-order valence-corrected chi connectivity index (χ0v) is 10.5. The van der Waals surface area contributed by atoms with Gasteiger partial charge in [-0.2, -0.15) is 0 Å². The highest BCUT2D eigenvalue weighted by Gasteiger charge is 2.18. The Morgan fingerprint density at radius 2 is 2.06 bits per heavy atom. The maximum Gasteiger partial charge on any atom is 0.251 e. The molecule has 5 heteroatoms. The Kier molecular flexibility index (Phi) is 2.61. The number of imidazole rings is 1. The monoisotopic (exact) mass is 232 g/mol. The Labute approximate surface area is 99.6 Å². The fraction of sp³-hybridized carbons (Fsp3) is 0.417. The number of hydrogen-bond acceptors (Lipinski definition) is 3. The van der Waals surface area contributed by atoms with Gasteiger partial charge in [0.25, 0.3) is 5.56 Å². The largest absolute Gasteiger partial charge is 0.331 e. The lowest BCUT2D eigenvalue weighted by atomic mass is 9.92. The van der Waals surface area contributed by atoms with E-state index in [0.717, 1.165) is 11.4 Å². The van der Waals surface area contributed by atoms with Gasteiger partial charge in [0.15, 0.2) is 5.82 Å². The standard InChI is InChI=1S/C12H16N4O/c1-12(2,3)9-5-10(17)15-11(14-9)8-6-13-7-16(8)4/h5-7H,1-4H3,(H,14,15,17). The van der Waals surface area contributed by atoms with Gasteiger partial charge in [0.2, 0.25) is 0 Å². The molecule has 0 radical (unpaired) electrons. The zero-order chi connectivity index (χ0) is 12.6. The molecule has 0 saturated carbocycles. The van der Waals surface area contributed by atoms with Gasteiger partial charge in [-0.1, -0.05) is 20.8 Å². The molecule has 0 spiro atoms. The first kappa shape index (κ1) is 11.6. The van der Waals surface area contributed by atoms with E-state index in [4.69, 9.17) is 0 Å². The van der Waals surface area contributed by atoms with Crippen molar-refractivity contribution in [1.82, 2.24) is 19.5 Å². The van der Waals surface area contributed by atoms with Crippen molar-refractivity contribution in [3.63, 3.8) is 0 Å². The summed E-state index contributed by atoms with van der Waals surface area (Å²) in [5, 5.41) is 0. The lowest BCUT2D eigenvalue weighted by molar-refractivity contribution is 0.566. The Bertz CT molecular complexity index is 589. The number of rotatable bonds is 1. The van der Waals surface area contributed by atoms with Crippen molar-refractivity contribution < 1.29 is 0 Å². The van der Waals surface area contributed by atoms with Gasteiger partial charge in [-0.05, 0) is 0 Å². The minimum Gasteiger partial charge on any atom is -0.331 e. The SMILES string of the molecule is Cn1cncc1-c1nc(C(C)(C)C)cc(=O)[nH]1. The molecule has 0 saturated heterocycles. The maximum absolute atomic E-state index is 11.6. The number of nitrogens with zero attached hydrogens (tertiary/aromatic N) is 3. The summed E-state index contributed by atoms with van der Waals surface area (Å²) in [7, 11) is 1.87. The molecule has 2 aromatic heterocycles. The van der Waals surface area contributed by atoms with E-state index in [0.29, 0.717) is 5.82 Å². The second kappa shape index (κ2) is 3.84. The molecule has 1 N–H and O–H groups in total. The minimum absolute atomic E-state index is 0.138. The summed E-state index contributed by atoms with van der Waals surface area (Å²) in [6, 6.07) is 1.54. The zero-order valence-electron chi connectivity index (χ0n) is 10.5.